The summed E-state index contributed by atoms with van der Waals surface area (Å²) in [6.45, 7) is 5.09. The first kappa shape index (κ1) is 12.6. The van der Waals surface area contributed by atoms with Crippen LogP contribution in [0, 0.1) is 0 Å². The van der Waals surface area contributed by atoms with Gasteiger partial charge < -0.3 is 15.3 Å². The molecule has 4 nitrogen and oxygen atoms in total. The van der Waals surface area contributed by atoms with Gasteiger partial charge in [0.15, 0.2) is 0 Å². The van der Waals surface area contributed by atoms with Crippen LogP contribution in [0.1, 0.15) is 12.5 Å². The summed E-state index contributed by atoms with van der Waals surface area (Å²) < 4.78 is 0. The number of nitrogens with zero attached hydrogens (tertiary/aromatic N) is 2. The second-order valence-corrected chi connectivity index (χ2v) is 4.83. The summed E-state index contributed by atoms with van der Waals surface area (Å²) in [5, 5.41) is 12.9. The monoisotopic (exact) mass is 255 g/mol. The Morgan fingerprint density at radius 1 is 1.65 bits per heavy atom. The van der Waals surface area contributed by atoms with Gasteiger partial charge >= 0.3 is 0 Å². The lowest BCUT2D eigenvalue weighted by Crippen LogP contribution is -2.49. The molecule has 0 bridgehead atoms. The quantitative estimate of drug-likeness (QED) is 0.848. The second kappa shape index (κ2) is 5.67. The molecule has 2 N–H and O–H groups in total. The first-order chi connectivity index (χ1) is 8.20. The largest absolute Gasteiger partial charge is 0.396 e. The highest BCUT2D eigenvalue weighted by atomic mass is 35.5. The summed E-state index contributed by atoms with van der Waals surface area (Å²) in [5.41, 5.74) is 0.976. The van der Waals surface area contributed by atoms with E-state index in [0.717, 1.165) is 31.0 Å². The molecule has 17 heavy (non-hydrogen) atoms. The van der Waals surface area contributed by atoms with Crippen molar-refractivity contribution in [1.29, 1.82) is 0 Å². The zero-order valence-electron chi connectivity index (χ0n) is 9.99. The van der Waals surface area contributed by atoms with E-state index in [2.05, 4.69) is 22.1 Å². The zero-order valence-corrected chi connectivity index (χ0v) is 10.7. The summed E-state index contributed by atoms with van der Waals surface area (Å²) >= 11 is 6.24. The number of anilines is 1. The van der Waals surface area contributed by atoms with Crippen LogP contribution in [0.5, 0.6) is 0 Å². The molecule has 2 rings (SSSR count). The maximum absolute atomic E-state index is 8.87. The van der Waals surface area contributed by atoms with Crippen LogP contribution < -0.4 is 10.2 Å². The highest BCUT2D eigenvalue weighted by Crippen LogP contribution is 2.25. The van der Waals surface area contributed by atoms with Gasteiger partial charge in [-0.2, -0.15) is 0 Å². The van der Waals surface area contributed by atoms with Crippen molar-refractivity contribution in [1.82, 2.24) is 10.3 Å². The number of nitrogens with one attached hydrogen (secondary N) is 1. The van der Waals surface area contributed by atoms with Crippen LogP contribution >= 0.6 is 11.6 Å². The van der Waals surface area contributed by atoms with Gasteiger partial charge in [0.1, 0.15) is 5.82 Å². The van der Waals surface area contributed by atoms with E-state index in [1.807, 2.05) is 6.07 Å². The van der Waals surface area contributed by atoms with Gasteiger partial charge in [0, 0.05) is 38.5 Å². The number of piperazine rings is 1. The van der Waals surface area contributed by atoms with Crippen molar-refractivity contribution in [3.8, 4) is 0 Å². The Hall–Kier alpha value is -0.840. The van der Waals surface area contributed by atoms with Crippen molar-refractivity contribution >= 4 is 17.4 Å². The van der Waals surface area contributed by atoms with Crippen LogP contribution in [0.25, 0.3) is 0 Å². The lowest BCUT2D eigenvalue weighted by atomic mass is 10.2. The Balaban J connectivity index is 2.15. The fourth-order valence-corrected chi connectivity index (χ4v) is 2.40. The van der Waals surface area contributed by atoms with E-state index in [9.17, 15) is 0 Å². The molecule has 94 valence electrons. The molecular weight excluding hydrogens is 238 g/mol. The predicted molar refractivity (Wildman–Crippen MR) is 69.7 cm³/mol. The van der Waals surface area contributed by atoms with Gasteiger partial charge in [0.05, 0.1) is 5.02 Å². The number of hydrogen-bond acceptors (Lipinski definition) is 4. The lowest BCUT2D eigenvalue weighted by molar-refractivity contribution is 0.299. The molecular formula is C12H18ClN3O. The first-order valence-corrected chi connectivity index (χ1v) is 6.32. The molecule has 0 aromatic carbocycles. The minimum absolute atomic E-state index is 0.127. The van der Waals surface area contributed by atoms with Gasteiger partial charge in [-0.25, -0.2) is 4.98 Å². The minimum atomic E-state index is 0.127. The van der Waals surface area contributed by atoms with Gasteiger partial charge in [-0.15, -0.1) is 0 Å². The summed E-state index contributed by atoms with van der Waals surface area (Å²) in [4.78, 5) is 6.61. The number of hydrogen-bond donors (Lipinski definition) is 2. The summed E-state index contributed by atoms with van der Waals surface area (Å²) in [7, 11) is 0. The van der Waals surface area contributed by atoms with Crippen LogP contribution in [-0.2, 0) is 6.42 Å². The molecule has 0 saturated carbocycles. The van der Waals surface area contributed by atoms with Crippen LogP contribution in [0.2, 0.25) is 5.02 Å². The number of rotatable bonds is 3. The molecule has 1 saturated heterocycles. The number of halogens is 1. The highest BCUT2D eigenvalue weighted by Gasteiger charge is 2.19. The van der Waals surface area contributed by atoms with Gasteiger partial charge in [-0.3, -0.25) is 0 Å². The number of aromatic nitrogens is 1. The van der Waals surface area contributed by atoms with E-state index in [4.69, 9.17) is 16.7 Å². The third kappa shape index (κ3) is 3.09. The van der Waals surface area contributed by atoms with Gasteiger partial charge in [0.25, 0.3) is 0 Å². The molecule has 1 aliphatic heterocycles. The minimum Gasteiger partial charge on any atom is -0.396 e. The second-order valence-electron chi connectivity index (χ2n) is 4.42. The molecule has 1 atom stereocenters. The third-order valence-electron chi connectivity index (χ3n) is 2.95. The Morgan fingerprint density at radius 2 is 2.47 bits per heavy atom. The topological polar surface area (TPSA) is 48.4 Å². The van der Waals surface area contributed by atoms with Gasteiger partial charge in [-0.1, -0.05) is 11.6 Å². The van der Waals surface area contributed by atoms with E-state index in [0.29, 0.717) is 17.5 Å². The van der Waals surface area contributed by atoms with Crippen LogP contribution in [0.3, 0.4) is 0 Å². The summed E-state index contributed by atoms with van der Waals surface area (Å²) in [6.07, 6.45) is 2.40. The molecule has 5 heteroatoms. The van der Waals surface area contributed by atoms with E-state index in [1.54, 1.807) is 6.20 Å². The average molecular weight is 256 g/mol. The Morgan fingerprint density at radius 3 is 3.12 bits per heavy atom. The molecule has 1 aromatic rings. The highest BCUT2D eigenvalue weighted by molar-refractivity contribution is 6.33. The number of pyridine rings is 1. The average Bonchev–Trinajstić information content (AvgIpc) is 2.29. The fourth-order valence-electron chi connectivity index (χ4n) is 2.09. The van der Waals surface area contributed by atoms with Crippen molar-refractivity contribution in [2.45, 2.75) is 19.4 Å². The molecule has 2 heterocycles. The molecule has 0 radical (unpaired) electrons. The normalized spacial score (nSPS) is 20.6. The molecule has 0 unspecified atom stereocenters. The maximum atomic E-state index is 8.87. The Bertz CT molecular complexity index is 386. The van der Waals surface area contributed by atoms with Crippen molar-refractivity contribution in [2.75, 3.05) is 31.1 Å². The smallest absolute Gasteiger partial charge is 0.147 e. The standard InChI is InChI=1S/C12H18ClN3O/c1-9-8-16(4-3-14-9)12-11(13)6-10(2-5-17)7-15-12/h6-7,9,14,17H,2-5,8H2,1H3/t9-/m1/s1. The summed E-state index contributed by atoms with van der Waals surface area (Å²) in [5.74, 6) is 0.849. The molecule has 0 amide bonds. The maximum Gasteiger partial charge on any atom is 0.147 e. The van der Waals surface area contributed by atoms with Gasteiger partial charge in [0.2, 0.25) is 0 Å². The molecule has 0 spiro atoms. The van der Waals surface area contributed by atoms with Crippen molar-refractivity contribution in [3.63, 3.8) is 0 Å². The van der Waals surface area contributed by atoms with E-state index >= 15 is 0 Å². The molecule has 1 aliphatic rings. The van der Waals surface area contributed by atoms with Crippen LogP contribution in [0.15, 0.2) is 12.3 Å². The Kier molecular flexibility index (Phi) is 4.20. The predicted octanol–water partition coefficient (Wildman–Crippen LogP) is 1.07. The van der Waals surface area contributed by atoms with Crippen molar-refractivity contribution in [3.05, 3.63) is 22.8 Å². The van der Waals surface area contributed by atoms with Crippen molar-refractivity contribution in [2.24, 2.45) is 0 Å². The van der Waals surface area contributed by atoms with E-state index in [1.165, 1.54) is 0 Å². The number of aliphatic hydroxyl groups excluding tert-OH is 1. The third-order valence-corrected chi connectivity index (χ3v) is 3.23. The first-order valence-electron chi connectivity index (χ1n) is 5.94. The zero-order chi connectivity index (χ0) is 12.3. The fraction of sp³-hybridized carbons (Fsp3) is 0.583. The van der Waals surface area contributed by atoms with Crippen LogP contribution in [0.4, 0.5) is 5.82 Å². The molecule has 1 fully saturated rings. The van der Waals surface area contributed by atoms with Gasteiger partial charge in [-0.05, 0) is 25.0 Å². The molecule has 0 aliphatic carbocycles. The Labute approximate surface area is 107 Å². The number of aliphatic hydroxyl groups is 1. The van der Waals surface area contributed by atoms with Crippen molar-refractivity contribution < 1.29 is 5.11 Å². The van der Waals surface area contributed by atoms with Crippen LogP contribution in [-0.4, -0.2) is 42.4 Å². The van der Waals surface area contributed by atoms with E-state index < -0.39 is 0 Å². The van der Waals surface area contributed by atoms with E-state index in [-0.39, 0.29) is 6.61 Å². The SMILES string of the molecule is C[C@@H]1CN(c2ncc(CCO)cc2Cl)CCN1. The summed E-state index contributed by atoms with van der Waals surface area (Å²) in [6, 6.07) is 2.35. The lowest BCUT2D eigenvalue weighted by Gasteiger charge is -2.33. The molecule has 1 aromatic heterocycles.